The lowest BCUT2D eigenvalue weighted by atomic mass is 9.74. The summed E-state index contributed by atoms with van der Waals surface area (Å²) in [4.78, 5) is 11.6. The van der Waals surface area contributed by atoms with Gasteiger partial charge in [0, 0.05) is 25.2 Å². The maximum absolute atomic E-state index is 11.6. The molecule has 15 heavy (non-hydrogen) atoms. The van der Waals surface area contributed by atoms with Crippen LogP contribution in [0.3, 0.4) is 0 Å². The molecule has 0 aromatic heterocycles. The van der Waals surface area contributed by atoms with Crippen molar-refractivity contribution in [3.05, 3.63) is 0 Å². The lowest BCUT2D eigenvalue weighted by Crippen LogP contribution is -2.50. The normalized spacial score (nSPS) is 43.5. The van der Waals surface area contributed by atoms with Crippen molar-refractivity contribution in [2.75, 3.05) is 13.2 Å². The van der Waals surface area contributed by atoms with Crippen molar-refractivity contribution in [2.24, 2.45) is 5.92 Å². The number of carbonyl (C=O) groups excluding carboxylic acids is 1. The fourth-order valence-electron chi connectivity index (χ4n) is 3.22. The van der Waals surface area contributed by atoms with Crippen LogP contribution in [0, 0.1) is 5.92 Å². The molecule has 0 aromatic carbocycles. The van der Waals surface area contributed by atoms with Gasteiger partial charge in [0.25, 0.3) is 0 Å². The van der Waals surface area contributed by atoms with Crippen molar-refractivity contribution < 1.29 is 19.4 Å². The first-order valence-corrected chi connectivity index (χ1v) is 5.68. The second-order valence-electron chi connectivity index (χ2n) is 4.89. The van der Waals surface area contributed by atoms with E-state index in [1.54, 1.807) is 0 Å². The Bertz CT molecular complexity index is 295. The van der Waals surface area contributed by atoms with E-state index in [0.717, 1.165) is 6.42 Å². The number of ketones is 1. The van der Waals surface area contributed by atoms with Crippen LogP contribution in [0.15, 0.2) is 0 Å². The van der Waals surface area contributed by atoms with E-state index in [-0.39, 0.29) is 11.7 Å². The lowest BCUT2D eigenvalue weighted by molar-refractivity contribution is -0.214. The van der Waals surface area contributed by atoms with Crippen molar-refractivity contribution in [3.63, 3.8) is 0 Å². The molecular weight excluding hydrogens is 196 g/mol. The van der Waals surface area contributed by atoms with Crippen LogP contribution in [-0.2, 0) is 14.3 Å². The summed E-state index contributed by atoms with van der Waals surface area (Å²) in [6.45, 7) is 1.28. The zero-order valence-electron chi connectivity index (χ0n) is 8.70. The van der Waals surface area contributed by atoms with Gasteiger partial charge in [-0.15, -0.1) is 0 Å². The minimum Gasteiger partial charge on any atom is -0.382 e. The highest BCUT2D eigenvalue weighted by atomic mass is 16.7. The van der Waals surface area contributed by atoms with Gasteiger partial charge in [0.2, 0.25) is 0 Å². The number of Topliss-reactive ketones (excluding diaryl/α,β-unsaturated/α-hetero) is 1. The molecule has 0 unspecified atom stereocenters. The summed E-state index contributed by atoms with van der Waals surface area (Å²) in [5.74, 6) is -0.432. The summed E-state index contributed by atoms with van der Waals surface area (Å²) in [6.07, 6.45) is 3.11. The van der Waals surface area contributed by atoms with Crippen LogP contribution in [0.1, 0.15) is 32.1 Å². The van der Waals surface area contributed by atoms with E-state index < -0.39 is 11.4 Å². The van der Waals surface area contributed by atoms with Crippen LogP contribution in [0.2, 0.25) is 0 Å². The number of carbonyl (C=O) groups is 1. The maximum Gasteiger partial charge on any atom is 0.169 e. The van der Waals surface area contributed by atoms with E-state index in [0.29, 0.717) is 38.9 Å². The van der Waals surface area contributed by atoms with Crippen molar-refractivity contribution >= 4 is 5.78 Å². The van der Waals surface area contributed by atoms with Gasteiger partial charge in [-0.1, -0.05) is 0 Å². The van der Waals surface area contributed by atoms with Gasteiger partial charge in [0.1, 0.15) is 5.60 Å². The van der Waals surface area contributed by atoms with Crippen LogP contribution in [-0.4, -0.2) is 35.5 Å². The SMILES string of the molecule is O=C1CC[C@H]2CC3(CC[C@@]12O)OCCO3. The topological polar surface area (TPSA) is 55.8 Å². The third kappa shape index (κ3) is 1.28. The summed E-state index contributed by atoms with van der Waals surface area (Å²) in [6, 6.07) is 0. The second-order valence-corrected chi connectivity index (χ2v) is 4.89. The molecule has 0 bridgehead atoms. The van der Waals surface area contributed by atoms with Gasteiger partial charge in [-0.25, -0.2) is 0 Å². The molecule has 0 aromatic rings. The first-order valence-electron chi connectivity index (χ1n) is 5.68. The van der Waals surface area contributed by atoms with Crippen molar-refractivity contribution in [1.82, 2.24) is 0 Å². The smallest absolute Gasteiger partial charge is 0.169 e. The predicted molar refractivity (Wildman–Crippen MR) is 51.2 cm³/mol. The van der Waals surface area contributed by atoms with Crippen LogP contribution < -0.4 is 0 Å². The van der Waals surface area contributed by atoms with Crippen LogP contribution >= 0.6 is 0 Å². The molecule has 1 aliphatic heterocycles. The number of fused-ring (bicyclic) bond motifs is 1. The molecule has 84 valence electrons. The minimum absolute atomic E-state index is 0.0142. The Morgan fingerprint density at radius 3 is 2.73 bits per heavy atom. The van der Waals surface area contributed by atoms with Crippen molar-refractivity contribution in [1.29, 1.82) is 0 Å². The Morgan fingerprint density at radius 2 is 2.00 bits per heavy atom. The van der Waals surface area contributed by atoms with E-state index in [1.165, 1.54) is 0 Å². The van der Waals surface area contributed by atoms with E-state index in [1.807, 2.05) is 0 Å². The molecule has 1 spiro atoms. The highest BCUT2D eigenvalue weighted by molar-refractivity contribution is 5.89. The third-order valence-electron chi connectivity index (χ3n) is 4.14. The van der Waals surface area contributed by atoms with Crippen molar-refractivity contribution in [3.8, 4) is 0 Å². The largest absolute Gasteiger partial charge is 0.382 e. The Morgan fingerprint density at radius 1 is 1.27 bits per heavy atom. The van der Waals surface area contributed by atoms with Gasteiger partial charge < -0.3 is 14.6 Å². The van der Waals surface area contributed by atoms with E-state index in [4.69, 9.17) is 9.47 Å². The molecule has 4 nitrogen and oxygen atoms in total. The summed E-state index contributed by atoms with van der Waals surface area (Å²) in [7, 11) is 0. The summed E-state index contributed by atoms with van der Waals surface area (Å²) in [5, 5.41) is 10.3. The van der Waals surface area contributed by atoms with Crippen LogP contribution in [0.4, 0.5) is 0 Å². The lowest BCUT2D eigenvalue weighted by Gasteiger charge is -2.42. The number of ether oxygens (including phenoxy) is 2. The number of aliphatic hydroxyl groups is 1. The molecule has 3 fully saturated rings. The monoisotopic (exact) mass is 212 g/mol. The average Bonchev–Trinajstić information content (AvgIpc) is 2.78. The molecule has 1 heterocycles. The molecule has 4 heteroatoms. The number of rotatable bonds is 0. The maximum atomic E-state index is 11.6. The fourth-order valence-corrected chi connectivity index (χ4v) is 3.22. The zero-order chi connectivity index (χ0) is 10.5. The van der Waals surface area contributed by atoms with Gasteiger partial charge in [-0.05, 0) is 12.8 Å². The average molecular weight is 212 g/mol. The molecule has 2 aliphatic carbocycles. The molecule has 3 rings (SSSR count). The number of hydrogen-bond acceptors (Lipinski definition) is 4. The van der Waals surface area contributed by atoms with Gasteiger partial charge >= 0.3 is 0 Å². The second kappa shape index (κ2) is 3.03. The van der Waals surface area contributed by atoms with E-state index in [2.05, 4.69) is 0 Å². The first kappa shape index (κ1) is 9.75. The zero-order valence-corrected chi connectivity index (χ0v) is 8.70. The molecule has 0 amide bonds. The van der Waals surface area contributed by atoms with Gasteiger partial charge in [-0.3, -0.25) is 4.79 Å². The Kier molecular flexibility index (Phi) is 1.97. The Hall–Kier alpha value is -0.450. The van der Waals surface area contributed by atoms with E-state index >= 15 is 0 Å². The highest BCUT2D eigenvalue weighted by Crippen LogP contribution is 2.49. The summed E-state index contributed by atoms with van der Waals surface area (Å²) in [5.41, 5.74) is -1.07. The predicted octanol–water partition coefficient (Wildman–Crippen LogP) is 0.624. The molecule has 1 saturated heterocycles. The first-order chi connectivity index (χ1) is 7.15. The molecule has 3 aliphatic rings. The molecule has 1 N–H and O–H groups in total. The summed E-state index contributed by atoms with van der Waals surface area (Å²) < 4.78 is 11.3. The molecule has 0 radical (unpaired) electrons. The Labute approximate surface area is 88.6 Å². The van der Waals surface area contributed by atoms with Gasteiger partial charge in [0.15, 0.2) is 11.6 Å². The van der Waals surface area contributed by atoms with Crippen LogP contribution in [0.25, 0.3) is 0 Å². The third-order valence-corrected chi connectivity index (χ3v) is 4.14. The quantitative estimate of drug-likeness (QED) is 0.639. The van der Waals surface area contributed by atoms with Crippen molar-refractivity contribution in [2.45, 2.75) is 43.5 Å². The molecule has 2 atom stereocenters. The summed E-state index contributed by atoms with van der Waals surface area (Å²) >= 11 is 0. The van der Waals surface area contributed by atoms with Crippen LogP contribution in [0.5, 0.6) is 0 Å². The number of hydrogen-bond donors (Lipinski definition) is 1. The standard InChI is InChI=1S/C11H16O4/c12-9-2-1-8-7-10(14-5-6-15-10)3-4-11(8,9)13/h8,13H,1-7H2/t8-,11-/m0/s1. The molecule has 2 saturated carbocycles. The molecular formula is C11H16O4. The minimum atomic E-state index is -1.07. The van der Waals surface area contributed by atoms with Gasteiger partial charge in [-0.2, -0.15) is 0 Å². The Balaban J connectivity index is 1.82. The van der Waals surface area contributed by atoms with Gasteiger partial charge in [0.05, 0.1) is 13.2 Å². The fraction of sp³-hybridized carbons (Fsp3) is 0.909. The highest BCUT2D eigenvalue weighted by Gasteiger charge is 2.57. The van der Waals surface area contributed by atoms with E-state index in [9.17, 15) is 9.90 Å².